The molecule has 1 aromatic rings. The van der Waals surface area contributed by atoms with E-state index in [9.17, 15) is 9.59 Å². The minimum Gasteiger partial charge on any atom is -0.479 e. The molecule has 24 heavy (non-hydrogen) atoms. The Labute approximate surface area is 142 Å². The van der Waals surface area contributed by atoms with Gasteiger partial charge >= 0.3 is 0 Å². The number of nitrogens with one attached hydrogen (secondary N) is 1. The number of carbonyl (C=O) groups excluding carboxylic acids is 2. The Balaban J connectivity index is 1.63. The molecule has 2 heterocycles. The lowest BCUT2D eigenvalue weighted by Crippen LogP contribution is -2.42. The molecule has 6 nitrogen and oxygen atoms in total. The van der Waals surface area contributed by atoms with E-state index in [0.29, 0.717) is 38.2 Å². The van der Waals surface area contributed by atoms with Crippen LogP contribution in [0, 0.1) is 24.7 Å². The largest absolute Gasteiger partial charge is 0.479 e. The van der Waals surface area contributed by atoms with Gasteiger partial charge in [0.25, 0.3) is 0 Å². The van der Waals surface area contributed by atoms with E-state index in [0.717, 1.165) is 5.69 Å². The van der Waals surface area contributed by atoms with Crippen LogP contribution in [0.2, 0.25) is 0 Å². The molecule has 2 amide bonds. The minimum absolute atomic E-state index is 0.0103. The fourth-order valence-corrected chi connectivity index (χ4v) is 2.50. The van der Waals surface area contributed by atoms with Crippen molar-refractivity contribution in [2.75, 3.05) is 26.2 Å². The maximum atomic E-state index is 12.0. The number of hydrogen-bond donors (Lipinski definition) is 1. The van der Waals surface area contributed by atoms with Crippen molar-refractivity contribution in [3.05, 3.63) is 24.0 Å². The van der Waals surface area contributed by atoms with Crippen LogP contribution in [0.5, 0.6) is 5.75 Å². The van der Waals surface area contributed by atoms with Gasteiger partial charge in [-0.25, -0.2) is 0 Å². The van der Waals surface area contributed by atoms with E-state index in [-0.39, 0.29) is 24.3 Å². The molecular formula is C18H23N3O3. The molecule has 1 saturated heterocycles. The van der Waals surface area contributed by atoms with Gasteiger partial charge in [-0.2, -0.15) is 0 Å². The van der Waals surface area contributed by atoms with E-state index in [4.69, 9.17) is 4.74 Å². The van der Waals surface area contributed by atoms with Crippen LogP contribution >= 0.6 is 0 Å². The van der Waals surface area contributed by atoms with E-state index in [1.807, 2.05) is 19.1 Å². The Morgan fingerprint density at radius 1 is 1.33 bits per heavy atom. The third-order valence-corrected chi connectivity index (χ3v) is 3.98. The zero-order valence-corrected chi connectivity index (χ0v) is 14.2. The number of ether oxygens (including phenoxy) is 1. The summed E-state index contributed by atoms with van der Waals surface area (Å²) in [6.45, 7) is 5.34. The van der Waals surface area contributed by atoms with Gasteiger partial charge in [0.2, 0.25) is 11.8 Å². The topological polar surface area (TPSA) is 71.5 Å². The lowest BCUT2D eigenvalue weighted by Gasteiger charge is -2.30. The van der Waals surface area contributed by atoms with Crippen LogP contribution < -0.4 is 10.1 Å². The standard InChI is InChI=1S/C18H23N3O3/c1-14-5-6-17(13-20-14)24-12-4-3-9-19-18(23)16-7-10-21(11-8-16)15(2)22/h5-6,13,16H,7-12H2,1-2H3,(H,19,23). The molecule has 0 aromatic carbocycles. The first-order valence-electron chi connectivity index (χ1n) is 8.10. The van der Waals surface area contributed by atoms with Crippen molar-refractivity contribution < 1.29 is 14.3 Å². The Morgan fingerprint density at radius 3 is 2.71 bits per heavy atom. The average Bonchev–Trinajstić information content (AvgIpc) is 2.59. The summed E-state index contributed by atoms with van der Waals surface area (Å²) in [6.07, 6.45) is 3.08. The molecule has 1 aliphatic heterocycles. The van der Waals surface area contributed by atoms with E-state index < -0.39 is 0 Å². The van der Waals surface area contributed by atoms with Crippen molar-refractivity contribution in [1.82, 2.24) is 15.2 Å². The monoisotopic (exact) mass is 329 g/mol. The van der Waals surface area contributed by atoms with Crippen molar-refractivity contribution in [1.29, 1.82) is 0 Å². The number of aryl methyl sites for hydroxylation is 1. The van der Waals surface area contributed by atoms with Crippen molar-refractivity contribution in [3.63, 3.8) is 0 Å². The molecule has 0 spiro atoms. The van der Waals surface area contributed by atoms with Gasteiger partial charge in [0.15, 0.2) is 0 Å². The molecule has 0 radical (unpaired) electrons. The van der Waals surface area contributed by atoms with Gasteiger partial charge in [0.05, 0.1) is 12.7 Å². The number of rotatable bonds is 4. The second-order valence-electron chi connectivity index (χ2n) is 5.78. The van der Waals surface area contributed by atoms with Gasteiger partial charge in [-0.1, -0.05) is 11.8 Å². The number of aromatic nitrogens is 1. The fraction of sp³-hybridized carbons (Fsp3) is 0.500. The van der Waals surface area contributed by atoms with E-state index in [1.165, 1.54) is 0 Å². The summed E-state index contributed by atoms with van der Waals surface area (Å²) in [6, 6.07) is 3.72. The van der Waals surface area contributed by atoms with Crippen LogP contribution in [0.4, 0.5) is 0 Å². The molecule has 6 heteroatoms. The molecule has 2 rings (SSSR count). The molecule has 0 bridgehead atoms. The minimum atomic E-state index is -0.0303. The number of likely N-dealkylation sites (tertiary alicyclic amines) is 1. The molecule has 1 fully saturated rings. The number of amides is 2. The summed E-state index contributed by atoms with van der Waals surface area (Å²) in [4.78, 5) is 29.2. The van der Waals surface area contributed by atoms with Crippen molar-refractivity contribution in [2.45, 2.75) is 26.7 Å². The Kier molecular flexibility index (Phi) is 6.62. The maximum Gasteiger partial charge on any atom is 0.223 e. The normalized spacial score (nSPS) is 14.5. The van der Waals surface area contributed by atoms with Crippen LogP contribution in [0.3, 0.4) is 0 Å². The Hall–Kier alpha value is -2.55. The first-order valence-corrected chi connectivity index (χ1v) is 8.10. The molecular weight excluding hydrogens is 306 g/mol. The predicted octanol–water partition coefficient (Wildman–Crippen LogP) is 1.15. The Morgan fingerprint density at radius 2 is 2.08 bits per heavy atom. The number of piperidine rings is 1. The number of carbonyl (C=O) groups is 2. The zero-order chi connectivity index (χ0) is 17.4. The highest BCUT2D eigenvalue weighted by Crippen LogP contribution is 2.17. The lowest BCUT2D eigenvalue weighted by atomic mass is 9.96. The molecule has 1 N–H and O–H groups in total. The van der Waals surface area contributed by atoms with Gasteiger partial charge < -0.3 is 15.0 Å². The molecule has 1 aromatic heterocycles. The Bertz CT molecular complexity index is 623. The molecule has 0 saturated carbocycles. The first-order chi connectivity index (χ1) is 11.6. The molecule has 0 unspecified atom stereocenters. The van der Waals surface area contributed by atoms with Gasteiger partial charge in [0, 0.05) is 31.6 Å². The van der Waals surface area contributed by atoms with Crippen LogP contribution in [-0.2, 0) is 9.59 Å². The van der Waals surface area contributed by atoms with Crippen molar-refractivity contribution >= 4 is 11.8 Å². The summed E-state index contributed by atoms with van der Waals surface area (Å²) in [5.74, 6) is 6.46. The highest BCUT2D eigenvalue weighted by Gasteiger charge is 2.25. The van der Waals surface area contributed by atoms with Gasteiger partial charge in [-0.15, -0.1) is 0 Å². The maximum absolute atomic E-state index is 12.0. The molecule has 0 atom stereocenters. The number of hydrogen-bond acceptors (Lipinski definition) is 4. The summed E-state index contributed by atoms with van der Waals surface area (Å²) in [5, 5.41) is 2.82. The average molecular weight is 329 g/mol. The molecule has 1 aliphatic rings. The van der Waals surface area contributed by atoms with Gasteiger partial charge in [0.1, 0.15) is 12.4 Å². The summed E-state index contributed by atoms with van der Waals surface area (Å²) >= 11 is 0. The van der Waals surface area contributed by atoms with E-state index in [2.05, 4.69) is 22.1 Å². The van der Waals surface area contributed by atoms with E-state index >= 15 is 0 Å². The summed E-state index contributed by atoms with van der Waals surface area (Å²) in [7, 11) is 0. The highest BCUT2D eigenvalue weighted by atomic mass is 16.5. The van der Waals surface area contributed by atoms with Crippen molar-refractivity contribution in [3.8, 4) is 17.6 Å². The molecule has 128 valence electrons. The summed E-state index contributed by atoms with van der Waals surface area (Å²) in [5.41, 5.74) is 0.935. The van der Waals surface area contributed by atoms with Gasteiger partial charge in [-0.05, 0) is 31.9 Å². The second kappa shape index (κ2) is 8.92. The fourth-order valence-electron chi connectivity index (χ4n) is 2.50. The van der Waals surface area contributed by atoms with Crippen LogP contribution in [0.25, 0.3) is 0 Å². The lowest BCUT2D eigenvalue weighted by molar-refractivity contribution is -0.133. The van der Waals surface area contributed by atoms with E-state index in [1.54, 1.807) is 18.0 Å². The second-order valence-corrected chi connectivity index (χ2v) is 5.78. The van der Waals surface area contributed by atoms with Gasteiger partial charge in [-0.3, -0.25) is 14.6 Å². The number of nitrogens with zero attached hydrogens (tertiary/aromatic N) is 2. The third kappa shape index (κ3) is 5.58. The summed E-state index contributed by atoms with van der Waals surface area (Å²) < 4.78 is 5.43. The zero-order valence-electron chi connectivity index (χ0n) is 14.2. The predicted molar refractivity (Wildman–Crippen MR) is 90.2 cm³/mol. The third-order valence-electron chi connectivity index (χ3n) is 3.98. The van der Waals surface area contributed by atoms with Crippen molar-refractivity contribution in [2.24, 2.45) is 5.92 Å². The quantitative estimate of drug-likeness (QED) is 0.841. The van der Waals surface area contributed by atoms with Crippen LogP contribution in [-0.4, -0.2) is 47.9 Å². The van der Waals surface area contributed by atoms with Crippen LogP contribution in [0.1, 0.15) is 25.5 Å². The first kappa shape index (κ1) is 17.8. The molecule has 0 aliphatic carbocycles. The number of pyridine rings is 1. The van der Waals surface area contributed by atoms with Crippen LogP contribution in [0.15, 0.2) is 18.3 Å². The SMILES string of the molecule is CC(=O)N1CCC(C(=O)NCC#CCOc2ccc(C)nc2)CC1. The highest BCUT2D eigenvalue weighted by molar-refractivity contribution is 5.79. The smallest absolute Gasteiger partial charge is 0.223 e.